The number of carbonyl (C=O) groups excluding carboxylic acids is 1. The molecule has 0 fully saturated rings. The molecule has 0 bridgehead atoms. The molecule has 0 aliphatic rings. The number of rotatable bonds is 6. The Morgan fingerprint density at radius 1 is 1.15 bits per heavy atom. The number of H-pyrrole nitrogens is 1. The van der Waals surface area contributed by atoms with Gasteiger partial charge in [-0.05, 0) is 24.6 Å². The highest BCUT2D eigenvalue weighted by Crippen LogP contribution is 2.29. The van der Waals surface area contributed by atoms with E-state index in [2.05, 4.69) is 30.5 Å². The maximum atomic E-state index is 14.9. The van der Waals surface area contributed by atoms with Gasteiger partial charge in [0.05, 0.1) is 29.0 Å². The van der Waals surface area contributed by atoms with Gasteiger partial charge in [-0.1, -0.05) is 12.1 Å². The average molecular weight is 444 g/mol. The van der Waals surface area contributed by atoms with Crippen LogP contribution in [0, 0.1) is 5.82 Å². The first-order valence-electron chi connectivity index (χ1n) is 10.4. The third-order valence-electron chi connectivity index (χ3n) is 5.39. The van der Waals surface area contributed by atoms with Crippen LogP contribution >= 0.6 is 0 Å². The SMILES string of the molecule is CCn1cc(C(=O)NCc2ccc(-c3ccnc4nc(-c5cnn(C)c5)[nH]c34)cc2F)cn1. The van der Waals surface area contributed by atoms with Crippen LogP contribution in [0.1, 0.15) is 22.8 Å². The van der Waals surface area contributed by atoms with E-state index in [4.69, 9.17) is 0 Å². The number of aromatic nitrogens is 7. The monoisotopic (exact) mass is 444 g/mol. The van der Waals surface area contributed by atoms with Crippen molar-refractivity contribution in [3.63, 3.8) is 0 Å². The maximum Gasteiger partial charge on any atom is 0.254 e. The van der Waals surface area contributed by atoms with E-state index in [1.807, 2.05) is 32.3 Å². The topological polar surface area (TPSA) is 106 Å². The van der Waals surface area contributed by atoms with Crippen LogP contribution in [0.4, 0.5) is 4.39 Å². The van der Waals surface area contributed by atoms with Crippen molar-refractivity contribution < 1.29 is 9.18 Å². The van der Waals surface area contributed by atoms with Crippen LogP contribution in [0.2, 0.25) is 0 Å². The number of nitrogens with zero attached hydrogens (tertiary/aromatic N) is 6. The number of aromatic amines is 1. The molecule has 0 atom stereocenters. The summed E-state index contributed by atoms with van der Waals surface area (Å²) in [5.41, 5.74) is 4.38. The maximum absolute atomic E-state index is 14.9. The van der Waals surface area contributed by atoms with Crippen molar-refractivity contribution in [3.05, 3.63) is 72.2 Å². The molecule has 5 aromatic rings. The molecule has 9 nitrogen and oxygen atoms in total. The van der Waals surface area contributed by atoms with Gasteiger partial charge in [0.2, 0.25) is 0 Å². The highest BCUT2D eigenvalue weighted by molar-refractivity contribution is 5.94. The Morgan fingerprint density at radius 2 is 2.03 bits per heavy atom. The van der Waals surface area contributed by atoms with Crippen molar-refractivity contribution in [1.82, 2.24) is 39.8 Å². The summed E-state index contributed by atoms with van der Waals surface area (Å²) in [7, 11) is 1.83. The molecular formula is C23H21FN8O. The first-order chi connectivity index (χ1) is 16.0. The second kappa shape index (κ2) is 8.30. The van der Waals surface area contributed by atoms with Crippen LogP contribution in [-0.2, 0) is 20.1 Å². The number of nitrogens with one attached hydrogen (secondary N) is 2. The molecule has 0 saturated carbocycles. The van der Waals surface area contributed by atoms with Gasteiger partial charge in [-0.2, -0.15) is 10.2 Å². The largest absolute Gasteiger partial charge is 0.348 e. The van der Waals surface area contributed by atoms with Crippen molar-refractivity contribution >= 4 is 17.1 Å². The summed E-state index contributed by atoms with van der Waals surface area (Å²) in [6, 6.07) is 6.76. The lowest BCUT2D eigenvalue weighted by Crippen LogP contribution is -2.23. The number of hydrogen-bond donors (Lipinski definition) is 2. The Labute approximate surface area is 188 Å². The lowest BCUT2D eigenvalue weighted by molar-refractivity contribution is 0.0950. The van der Waals surface area contributed by atoms with E-state index in [0.29, 0.717) is 40.2 Å². The number of carbonyl (C=O) groups is 1. The quantitative estimate of drug-likeness (QED) is 0.418. The number of fused-ring (bicyclic) bond motifs is 1. The fourth-order valence-corrected chi connectivity index (χ4v) is 3.62. The van der Waals surface area contributed by atoms with Gasteiger partial charge in [0.15, 0.2) is 5.65 Å². The third-order valence-corrected chi connectivity index (χ3v) is 5.39. The van der Waals surface area contributed by atoms with Crippen LogP contribution in [0.25, 0.3) is 33.7 Å². The molecule has 0 aliphatic carbocycles. The van der Waals surface area contributed by atoms with E-state index in [1.165, 1.54) is 12.3 Å². The molecule has 166 valence electrons. The zero-order valence-corrected chi connectivity index (χ0v) is 18.1. The first kappa shape index (κ1) is 20.6. The minimum Gasteiger partial charge on any atom is -0.348 e. The molecule has 1 aromatic carbocycles. The van der Waals surface area contributed by atoms with Crippen molar-refractivity contribution in [1.29, 1.82) is 0 Å². The Kier molecular flexibility index (Phi) is 5.17. The Balaban J connectivity index is 1.38. The summed E-state index contributed by atoms with van der Waals surface area (Å²) in [5, 5.41) is 11.0. The summed E-state index contributed by atoms with van der Waals surface area (Å²) in [6.07, 6.45) is 8.37. The zero-order chi connectivity index (χ0) is 22.9. The molecule has 0 saturated heterocycles. The predicted molar refractivity (Wildman–Crippen MR) is 121 cm³/mol. The summed E-state index contributed by atoms with van der Waals surface area (Å²) in [4.78, 5) is 24.4. The van der Waals surface area contributed by atoms with Gasteiger partial charge in [-0.3, -0.25) is 14.2 Å². The highest BCUT2D eigenvalue weighted by atomic mass is 19.1. The smallest absolute Gasteiger partial charge is 0.254 e. The molecule has 0 aliphatic heterocycles. The van der Waals surface area contributed by atoms with E-state index >= 15 is 0 Å². The molecule has 2 N–H and O–H groups in total. The zero-order valence-electron chi connectivity index (χ0n) is 18.1. The molecule has 5 rings (SSSR count). The Bertz CT molecular complexity index is 1460. The number of imidazole rings is 1. The fraction of sp³-hybridized carbons (Fsp3) is 0.174. The van der Waals surface area contributed by atoms with Crippen molar-refractivity contribution in [3.8, 4) is 22.5 Å². The molecule has 1 amide bonds. The molecule has 10 heteroatoms. The number of amides is 1. The van der Waals surface area contributed by atoms with E-state index in [1.54, 1.807) is 34.0 Å². The van der Waals surface area contributed by atoms with Gasteiger partial charge in [0.1, 0.15) is 11.6 Å². The Morgan fingerprint density at radius 3 is 2.76 bits per heavy atom. The van der Waals surface area contributed by atoms with E-state index in [-0.39, 0.29) is 12.5 Å². The summed E-state index contributed by atoms with van der Waals surface area (Å²) >= 11 is 0. The molecule has 33 heavy (non-hydrogen) atoms. The van der Waals surface area contributed by atoms with Crippen LogP contribution in [-0.4, -0.2) is 40.4 Å². The van der Waals surface area contributed by atoms with Gasteiger partial charge < -0.3 is 10.3 Å². The van der Waals surface area contributed by atoms with Gasteiger partial charge in [-0.15, -0.1) is 0 Å². The van der Waals surface area contributed by atoms with Crippen LogP contribution in [0.5, 0.6) is 0 Å². The van der Waals surface area contributed by atoms with Crippen LogP contribution < -0.4 is 5.32 Å². The number of aryl methyl sites for hydroxylation is 2. The van der Waals surface area contributed by atoms with Crippen LogP contribution in [0.3, 0.4) is 0 Å². The van der Waals surface area contributed by atoms with E-state index < -0.39 is 5.82 Å². The molecule has 4 aromatic heterocycles. The molecule has 0 unspecified atom stereocenters. The normalized spacial score (nSPS) is 11.2. The number of pyridine rings is 1. The number of halogens is 1. The van der Waals surface area contributed by atoms with Gasteiger partial charge >= 0.3 is 0 Å². The third kappa shape index (κ3) is 3.98. The second-order valence-corrected chi connectivity index (χ2v) is 7.62. The Hall–Kier alpha value is -4.34. The second-order valence-electron chi connectivity index (χ2n) is 7.62. The molecular weight excluding hydrogens is 423 g/mol. The standard InChI is InChI=1S/C23H21FN8O/c1-3-32-13-17(11-28-32)23(33)26-9-15-5-4-14(8-19(15)24)18-6-7-25-22-20(18)29-21(30-22)16-10-27-31(2)12-16/h4-8,10-13H,3,9H2,1-2H3,(H,26,33)(H,25,29,30). The lowest BCUT2D eigenvalue weighted by atomic mass is 10.0. The number of hydrogen-bond acceptors (Lipinski definition) is 5. The van der Waals surface area contributed by atoms with Crippen molar-refractivity contribution in [2.75, 3.05) is 0 Å². The molecule has 4 heterocycles. The van der Waals surface area contributed by atoms with Crippen molar-refractivity contribution in [2.24, 2.45) is 7.05 Å². The lowest BCUT2D eigenvalue weighted by Gasteiger charge is -2.08. The average Bonchev–Trinajstić information content (AvgIpc) is 3.56. The van der Waals surface area contributed by atoms with Crippen molar-refractivity contribution in [2.45, 2.75) is 20.0 Å². The summed E-state index contributed by atoms with van der Waals surface area (Å²) in [5.74, 6) is -0.0623. The van der Waals surface area contributed by atoms with Gasteiger partial charge in [-0.25, -0.2) is 14.4 Å². The van der Waals surface area contributed by atoms with Gasteiger partial charge in [0, 0.05) is 49.9 Å². The fourth-order valence-electron chi connectivity index (χ4n) is 3.62. The summed E-state index contributed by atoms with van der Waals surface area (Å²) < 4.78 is 18.3. The van der Waals surface area contributed by atoms with Gasteiger partial charge in [0.25, 0.3) is 5.91 Å². The van der Waals surface area contributed by atoms with E-state index in [0.717, 1.165) is 11.1 Å². The summed E-state index contributed by atoms with van der Waals surface area (Å²) in [6.45, 7) is 2.68. The predicted octanol–water partition coefficient (Wildman–Crippen LogP) is 3.31. The molecule has 0 radical (unpaired) electrons. The minimum absolute atomic E-state index is 0.0726. The number of benzene rings is 1. The molecule has 0 spiro atoms. The first-order valence-corrected chi connectivity index (χ1v) is 10.4. The van der Waals surface area contributed by atoms with Crippen LogP contribution in [0.15, 0.2) is 55.2 Å². The highest BCUT2D eigenvalue weighted by Gasteiger charge is 2.15. The minimum atomic E-state index is -0.408. The van der Waals surface area contributed by atoms with E-state index in [9.17, 15) is 9.18 Å².